The summed E-state index contributed by atoms with van der Waals surface area (Å²) in [7, 11) is 0. The van der Waals surface area contributed by atoms with Crippen LogP contribution >= 0.6 is 11.8 Å². The van der Waals surface area contributed by atoms with Gasteiger partial charge in [0.25, 0.3) is 0 Å². The molecule has 1 saturated heterocycles. The highest BCUT2D eigenvalue weighted by atomic mass is 32.2. The molecule has 1 aliphatic carbocycles. The number of carboxylic acids is 1. The van der Waals surface area contributed by atoms with Gasteiger partial charge >= 0.3 is 5.97 Å². The Kier molecular flexibility index (Phi) is 3.14. The zero-order valence-corrected chi connectivity index (χ0v) is 11.1. The third-order valence-electron chi connectivity index (χ3n) is 3.91. The second-order valence-corrected chi connectivity index (χ2v) is 7.02. The van der Waals surface area contributed by atoms with Crippen molar-refractivity contribution in [3.63, 3.8) is 0 Å². The summed E-state index contributed by atoms with van der Waals surface area (Å²) in [5, 5.41) is 12.1. The van der Waals surface area contributed by atoms with Crippen LogP contribution in [0.3, 0.4) is 0 Å². The second-order valence-electron chi connectivity index (χ2n) is 5.42. The van der Waals surface area contributed by atoms with Crippen LogP contribution in [0.25, 0.3) is 0 Å². The van der Waals surface area contributed by atoms with E-state index in [4.69, 9.17) is 0 Å². The summed E-state index contributed by atoms with van der Waals surface area (Å²) in [4.78, 5) is 23.6. The van der Waals surface area contributed by atoms with E-state index >= 15 is 0 Å². The lowest BCUT2D eigenvalue weighted by molar-refractivity contribution is -0.148. The predicted molar refractivity (Wildman–Crippen MR) is 67.0 cm³/mol. The molecule has 1 aliphatic heterocycles. The highest BCUT2D eigenvalue weighted by Gasteiger charge is 2.51. The van der Waals surface area contributed by atoms with Gasteiger partial charge in [-0.15, -0.1) is 11.8 Å². The maximum atomic E-state index is 12.2. The van der Waals surface area contributed by atoms with Crippen molar-refractivity contribution < 1.29 is 14.7 Å². The van der Waals surface area contributed by atoms with E-state index in [-0.39, 0.29) is 11.8 Å². The molecule has 1 amide bonds. The molecule has 2 atom stereocenters. The van der Waals surface area contributed by atoms with E-state index in [0.717, 1.165) is 31.4 Å². The number of rotatable bonds is 4. The Morgan fingerprint density at radius 2 is 2.12 bits per heavy atom. The van der Waals surface area contributed by atoms with Crippen molar-refractivity contribution in [3.05, 3.63) is 0 Å². The topological polar surface area (TPSA) is 66.4 Å². The number of aliphatic carboxylic acids is 1. The first-order valence-electron chi connectivity index (χ1n) is 6.08. The van der Waals surface area contributed by atoms with Crippen molar-refractivity contribution in [2.75, 3.05) is 5.75 Å². The number of carbonyl (C=O) groups is 2. The van der Waals surface area contributed by atoms with Crippen LogP contribution in [-0.2, 0) is 9.59 Å². The fraction of sp³-hybridized carbons (Fsp3) is 0.833. The summed E-state index contributed by atoms with van der Waals surface area (Å²) < 4.78 is -0.439. The van der Waals surface area contributed by atoms with E-state index in [0.29, 0.717) is 0 Å². The van der Waals surface area contributed by atoms with Crippen LogP contribution in [-0.4, -0.2) is 33.0 Å². The lowest BCUT2D eigenvalue weighted by Crippen LogP contribution is -2.58. The monoisotopic (exact) mass is 257 g/mol. The van der Waals surface area contributed by atoms with Crippen LogP contribution in [0.5, 0.6) is 0 Å². The standard InChI is InChI=1S/C12H19NO3S/c1-11(6-3-7-17-11)9(14)13-12(2,10(15)16)8-4-5-8/h8H,3-7H2,1-2H3,(H,13,14)(H,15,16). The number of hydrogen-bond acceptors (Lipinski definition) is 3. The van der Waals surface area contributed by atoms with Crippen molar-refractivity contribution in [2.24, 2.45) is 5.92 Å². The SMILES string of the molecule is CC1(C(=O)NC(C)(C(=O)O)C2CC2)CCCS1. The zero-order chi connectivity index (χ0) is 12.7. The van der Waals surface area contributed by atoms with Gasteiger partial charge in [0.2, 0.25) is 5.91 Å². The average Bonchev–Trinajstić information content (AvgIpc) is 3.02. The van der Waals surface area contributed by atoms with Gasteiger partial charge in [-0.2, -0.15) is 0 Å². The van der Waals surface area contributed by atoms with E-state index in [1.54, 1.807) is 18.7 Å². The van der Waals surface area contributed by atoms with Gasteiger partial charge in [-0.1, -0.05) is 0 Å². The Labute approximate surface area is 106 Å². The second kappa shape index (κ2) is 4.19. The van der Waals surface area contributed by atoms with Crippen molar-refractivity contribution >= 4 is 23.6 Å². The molecule has 2 aliphatic rings. The maximum absolute atomic E-state index is 12.2. The van der Waals surface area contributed by atoms with Crippen molar-refractivity contribution in [1.29, 1.82) is 0 Å². The van der Waals surface area contributed by atoms with E-state index in [2.05, 4.69) is 5.32 Å². The average molecular weight is 257 g/mol. The van der Waals surface area contributed by atoms with Crippen molar-refractivity contribution in [3.8, 4) is 0 Å². The molecule has 0 aromatic rings. The Bertz CT molecular complexity index is 348. The molecule has 0 aromatic carbocycles. The van der Waals surface area contributed by atoms with Crippen LogP contribution < -0.4 is 5.32 Å². The lowest BCUT2D eigenvalue weighted by Gasteiger charge is -2.31. The van der Waals surface area contributed by atoms with Gasteiger partial charge in [0.15, 0.2) is 0 Å². The molecule has 0 aromatic heterocycles. The number of nitrogens with one attached hydrogen (secondary N) is 1. The van der Waals surface area contributed by atoms with Gasteiger partial charge in [-0.05, 0) is 51.2 Å². The van der Waals surface area contributed by atoms with E-state index < -0.39 is 16.3 Å². The molecule has 0 radical (unpaired) electrons. The minimum absolute atomic E-state index is 0.0963. The first kappa shape index (κ1) is 12.7. The number of carboxylic acid groups (broad SMARTS) is 1. The van der Waals surface area contributed by atoms with Gasteiger partial charge in [0.05, 0.1) is 4.75 Å². The Balaban J connectivity index is 2.08. The molecule has 1 heterocycles. The van der Waals surface area contributed by atoms with Crippen LogP contribution in [0.4, 0.5) is 0 Å². The Morgan fingerprint density at radius 3 is 2.53 bits per heavy atom. The van der Waals surface area contributed by atoms with Crippen molar-refractivity contribution in [1.82, 2.24) is 5.32 Å². The molecule has 0 bridgehead atoms. The van der Waals surface area contributed by atoms with E-state index in [1.165, 1.54) is 0 Å². The molecule has 2 fully saturated rings. The molecule has 2 rings (SSSR count). The molecule has 4 nitrogen and oxygen atoms in total. The summed E-state index contributed by atoms with van der Waals surface area (Å²) >= 11 is 1.63. The molecule has 2 N–H and O–H groups in total. The summed E-state index contributed by atoms with van der Waals surface area (Å²) in [6.07, 6.45) is 3.66. The summed E-state index contributed by atoms with van der Waals surface area (Å²) in [5.41, 5.74) is -1.08. The number of carbonyl (C=O) groups excluding carboxylic acids is 1. The number of amides is 1. The fourth-order valence-electron chi connectivity index (χ4n) is 2.32. The zero-order valence-electron chi connectivity index (χ0n) is 10.3. The molecule has 5 heteroatoms. The summed E-state index contributed by atoms with van der Waals surface area (Å²) in [6.45, 7) is 3.54. The molecule has 96 valence electrons. The highest BCUT2D eigenvalue weighted by molar-refractivity contribution is 8.01. The molecular weight excluding hydrogens is 238 g/mol. The smallest absolute Gasteiger partial charge is 0.329 e. The quantitative estimate of drug-likeness (QED) is 0.803. The minimum Gasteiger partial charge on any atom is -0.480 e. The van der Waals surface area contributed by atoms with Crippen LogP contribution in [0, 0.1) is 5.92 Å². The Hall–Kier alpha value is -0.710. The highest BCUT2D eigenvalue weighted by Crippen LogP contribution is 2.42. The molecule has 0 spiro atoms. The predicted octanol–water partition coefficient (Wildman–Crippen LogP) is 1.64. The van der Waals surface area contributed by atoms with Crippen LogP contribution in [0.2, 0.25) is 0 Å². The van der Waals surface area contributed by atoms with E-state index in [9.17, 15) is 14.7 Å². The van der Waals surface area contributed by atoms with Gasteiger partial charge in [0.1, 0.15) is 5.54 Å². The van der Waals surface area contributed by atoms with Gasteiger partial charge in [0, 0.05) is 0 Å². The van der Waals surface area contributed by atoms with Gasteiger partial charge in [-0.3, -0.25) is 4.79 Å². The molecule has 1 saturated carbocycles. The third kappa shape index (κ3) is 2.30. The lowest BCUT2D eigenvalue weighted by atomic mass is 9.94. The van der Waals surface area contributed by atoms with Crippen LogP contribution in [0.1, 0.15) is 39.5 Å². The number of hydrogen-bond donors (Lipinski definition) is 2. The van der Waals surface area contributed by atoms with Gasteiger partial charge < -0.3 is 10.4 Å². The van der Waals surface area contributed by atoms with Gasteiger partial charge in [-0.25, -0.2) is 4.79 Å². The fourth-order valence-corrected chi connectivity index (χ4v) is 3.53. The van der Waals surface area contributed by atoms with Crippen molar-refractivity contribution in [2.45, 2.75) is 49.8 Å². The first-order valence-corrected chi connectivity index (χ1v) is 7.07. The first-order chi connectivity index (χ1) is 7.88. The summed E-state index contributed by atoms with van der Waals surface area (Å²) in [6, 6.07) is 0. The van der Waals surface area contributed by atoms with Crippen LogP contribution in [0.15, 0.2) is 0 Å². The third-order valence-corrected chi connectivity index (χ3v) is 5.43. The Morgan fingerprint density at radius 1 is 1.47 bits per heavy atom. The normalized spacial score (nSPS) is 31.9. The molecule has 2 unspecified atom stereocenters. The maximum Gasteiger partial charge on any atom is 0.329 e. The summed E-state index contributed by atoms with van der Waals surface area (Å²) in [5.74, 6) is 0.0487. The molecular formula is C12H19NO3S. The minimum atomic E-state index is -1.08. The number of thioether (sulfide) groups is 1. The van der Waals surface area contributed by atoms with E-state index in [1.807, 2.05) is 6.92 Å². The molecule has 17 heavy (non-hydrogen) atoms. The largest absolute Gasteiger partial charge is 0.480 e.